The molecule has 0 unspecified atom stereocenters. The Morgan fingerprint density at radius 2 is 1.24 bits per heavy atom. The van der Waals surface area contributed by atoms with E-state index in [9.17, 15) is 0 Å². The van der Waals surface area contributed by atoms with Crippen LogP contribution in [0.15, 0.2) is 54.6 Å². The maximum atomic E-state index is 5.93. The van der Waals surface area contributed by atoms with Gasteiger partial charge in [-0.2, -0.15) is 0 Å². The number of hydrogen-bond donors (Lipinski definition) is 0. The number of rotatable bonds is 3. The van der Waals surface area contributed by atoms with Crippen molar-refractivity contribution >= 4 is 8.32 Å². The molecule has 1 nitrogen and oxygen atoms in total. The summed E-state index contributed by atoms with van der Waals surface area (Å²) in [4.78, 5) is 0. The van der Waals surface area contributed by atoms with E-state index in [0.717, 1.165) is 5.75 Å². The molecule has 0 aliphatic rings. The second-order valence-corrected chi connectivity index (χ2v) is 9.53. The smallest absolute Gasteiger partial charge is 0.242 e. The van der Waals surface area contributed by atoms with E-state index >= 15 is 0 Å². The van der Waals surface area contributed by atoms with Crippen LogP contribution >= 0.6 is 0 Å². The van der Waals surface area contributed by atoms with Crippen molar-refractivity contribution in [1.82, 2.24) is 0 Å². The SMILES string of the molecule is C[Si](C)(C)Oc1ccc(-c2ccccc2)cc1. The van der Waals surface area contributed by atoms with Crippen LogP contribution in [0.5, 0.6) is 5.75 Å². The second kappa shape index (κ2) is 4.76. The molecule has 0 saturated carbocycles. The molecule has 2 aromatic rings. The molecule has 0 aliphatic heterocycles. The maximum Gasteiger partial charge on any atom is 0.242 e. The lowest BCUT2D eigenvalue weighted by Gasteiger charge is -2.19. The minimum Gasteiger partial charge on any atom is -0.544 e. The molecule has 0 N–H and O–H groups in total. The zero-order valence-corrected chi connectivity index (χ0v) is 11.6. The average Bonchev–Trinajstić information content (AvgIpc) is 2.29. The predicted molar refractivity (Wildman–Crippen MR) is 75.9 cm³/mol. The van der Waals surface area contributed by atoms with Gasteiger partial charge in [-0.15, -0.1) is 0 Å². The van der Waals surface area contributed by atoms with E-state index in [1.54, 1.807) is 0 Å². The minimum atomic E-state index is -1.49. The van der Waals surface area contributed by atoms with Crippen molar-refractivity contribution in [2.24, 2.45) is 0 Å². The third-order valence-electron chi connectivity index (χ3n) is 2.39. The summed E-state index contributed by atoms with van der Waals surface area (Å²) in [7, 11) is -1.49. The fourth-order valence-corrected chi connectivity index (χ4v) is 2.54. The maximum absolute atomic E-state index is 5.93. The summed E-state index contributed by atoms with van der Waals surface area (Å²) in [5, 5.41) is 0. The summed E-state index contributed by atoms with van der Waals surface area (Å²) in [5.74, 6) is 0.976. The normalized spacial score (nSPS) is 11.2. The van der Waals surface area contributed by atoms with E-state index in [4.69, 9.17) is 4.43 Å². The van der Waals surface area contributed by atoms with E-state index in [1.165, 1.54) is 11.1 Å². The highest BCUT2D eigenvalue weighted by molar-refractivity contribution is 6.70. The third-order valence-corrected chi connectivity index (χ3v) is 3.23. The molecule has 0 amide bonds. The van der Waals surface area contributed by atoms with Crippen LogP contribution in [-0.4, -0.2) is 8.32 Å². The largest absolute Gasteiger partial charge is 0.544 e. The molecule has 0 aromatic heterocycles. The first-order valence-corrected chi connectivity index (χ1v) is 9.30. The molecule has 0 bridgehead atoms. The minimum absolute atomic E-state index is 0.976. The van der Waals surface area contributed by atoms with E-state index < -0.39 is 8.32 Å². The van der Waals surface area contributed by atoms with Gasteiger partial charge in [-0.3, -0.25) is 0 Å². The number of hydrogen-bond acceptors (Lipinski definition) is 1. The Morgan fingerprint density at radius 1 is 0.706 bits per heavy atom. The molecule has 0 aliphatic carbocycles. The molecule has 0 heterocycles. The lowest BCUT2D eigenvalue weighted by atomic mass is 10.1. The molecule has 88 valence electrons. The summed E-state index contributed by atoms with van der Waals surface area (Å²) < 4.78 is 5.93. The first kappa shape index (κ1) is 11.9. The Bertz CT molecular complexity index is 469. The van der Waals surface area contributed by atoms with Crippen LogP contribution in [-0.2, 0) is 0 Å². The quantitative estimate of drug-likeness (QED) is 0.717. The van der Waals surface area contributed by atoms with Crippen LogP contribution in [0.1, 0.15) is 0 Å². The Balaban J connectivity index is 2.19. The molecule has 2 heteroatoms. The molecule has 2 rings (SSSR count). The second-order valence-electron chi connectivity index (χ2n) is 5.10. The summed E-state index contributed by atoms with van der Waals surface area (Å²) >= 11 is 0. The summed E-state index contributed by atoms with van der Waals surface area (Å²) in [6.07, 6.45) is 0. The van der Waals surface area contributed by atoms with Crippen LogP contribution in [0.2, 0.25) is 19.6 Å². The van der Waals surface area contributed by atoms with Crippen molar-refractivity contribution in [2.75, 3.05) is 0 Å². The zero-order chi connectivity index (χ0) is 12.3. The van der Waals surface area contributed by atoms with Crippen molar-refractivity contribution < 1.29 is 4.43 Å². The topological polar surface area (TPSA) is 9.23 Å². The lowest BCUT2D eigenvalue weighted by molar-refractivity contribution is 0.558. The van der Waals surface area contributed by atoms with Gasteiger partial charge in [0.25, 0.3) is 0 Å². The standard InChI is InChI=1S/C15H18OSi/c1-17(2,3)16-15-11-9-14(10-12-15)13-7-5-4-6-8-13/h4-12H,1-3H3. The van der Waals surface area contributed by atoms with Crippen molar-refractivity contribution in [2.45, 2.75) is 19.6 Å². The molecule has 0 atom stereocenters. The average molecular weight is 242 g/mol. The lowest BCUT2D eigenvalue weighted by Crippen LogP contribution is -2.29. The fourth-order valence-electron chi connectivity index (χ4n) is 1.70. The van der Waals surface area contributed by atoms with Gasteiger partial charge in [0.05, 0.1) is 0 Å². The predicted octanol–water partition coefficient (Wildman–Crippen LogP) is 4.57. The van der Waals surface area contributed by atoms with E-state index in [1.807, 2.05) is 6.07 Å². The molecule has 0 radical (unpaired) electrons. The molecular formula is C15H18OSi. The van der Waals surface area contributed by atoms with Crippen molar-refractivity contribution in [3.05, 3.63) is 54.6 Å². The molecular weight excluding hydrogens is 224 g/mol. The summed E-state index contributed by atoms with van der Waals surface area (Å²) in [6.45, 7) is 6.58. The molecule has 0 spiro atoms. The number of benzene rings is 2. The van der Waals surface area contributed by atoms with Gasteiger partial charge in [-0.25, -0.2) is 0 Å². The fraction of sp³-hybridized carbons (Fsp3) is 0.200. The van der Waals surface area contributed by atoms with Gasteiger partial charge in [-0.05, 0) is 42.9 Å². The first-order valence-electron chi connectivity index (χ1n) is 5.89. The monoisotopic (exact) mass is 242 g/mol. The van der Waals surface area contributed by atoms with Crippen LogP contribution in [0, 0.1) is 0 Å². The van der Waals surface area contributed by atoms with Crippen LogP contribution in [0.4, 0.5) is 0 Å². The van der Waals surface area contributed by atoms with E-state index in [2.05, 4.69) is 68.2 Å². The van der Waals surface area contributed by atoms with Gasteiger partial charge in [0.2, 0.25) is 8.32 Å². The van der Waals surface area contributed by atoms with Gasteiger partial charge in [0, 0.05) is 0 Å². The molecule has 0 saturated heterocycles. The van der Waals surface area contributed by atoms with Gasteiger partial charge >= 0.3 is 0 Å². The molecule has 0 fully saturated rings. The molecule has 17 heavy (non-hydrogen) atoms. The van der Waals surface area contributed by atoms with Gasteiger partial charge in [0.1, 0.15) is 5.75 Å². The summed E-state index contributed by atoms with van der Waals surface area (Å²) in [5.41, 5.74) is 2.47. The van der Waals surface area contributed by atoms with Crippen molar-refractivity contribution in [1.29, 1.82) is 0 Å². The highest BCUT2D eigenvalue weighted by Gasteiger charge is 2.15. The Hall–Kier alpha value is -1.54. The highest BCUT2D eigenvalue weighted by Crippen LogP contribution is 2.23. The van der Waals surface area contributed by atoms with Gasteiger partial charge < -0.3 is 4.43 Å². The van der Waals surface area contributed by atoms with Crippen LogP contribution in [0.25, 0.3) is 11.1 Å². The van der Waals surface area contributed by atoms with Crippen LogP contribution < -0.4 is 4.43 Å². The Kier molecular flexibility index (Phi) is 3.34. The Labute approximate surface area is 104 Å². The van der Waals surface area contributed by atoms with Crippen molar-refractivity contribution in [3.63, 3.8) is 0 Å². The zero-order valence-electron chi connectivity index (χ0n) is 10.6. The first-order chi connectivity index (χ1) is 8.04. The molecule has 2 aromatic carbocycles. The van der Waals surface area contributed by atoms with Crippen molar-refractivity contribution in [3.8, 4) is 16.9 Å². The summed E-state index contributed by atoms with van der Waals surface area (Å²) in [6, 6.07) is 18.7. The highest BCUT2D eigenvalue weighted by atomic mass is 28.4. The van der Waals surface area contributed by atoms with E-state index in [-0.39, 0.29) is 0 Å². The Morgan fingerprint density at radius 3 is 1.76 bits per heavy atom. The van der Waals surface area contributed by atoms with E-state index in [0.29, 0.717) is 0 Å². The van der Waals surface area contributed by atoms with Gasteiger partial charge in [-0.1, -0.05) is 42.5 Å². The third kappa shape index (κ3) is 3.46. The van der Waals surface area contributed by atoms with Gasteiger partial charge in [0.15, 0.2) is 0 Å². The van der Waals surface area contributed by atoms with Crippen LogP contribution in [0.3, 0.4) is 0 Å².